The van der Waals surface area contributed by atoms with Crippen LogP contribution in [-0.4, -0.2) is 23.4 Å². The van der Waals surface area contributed by atoms with Crippen LogP contribution in [-0.2, 0) is 4.79 Å². The molecule has 1 amide bonds. The van der Waals surface area contributed by atoms with Gasteiger partial charge in [-0.05, 0) is 16.3 Å². The van der Waals surface area contributed by atoms with E-state index in [9.17, 15) is 9.18 Å². The molecular formula is C14H12FNOS. The fraction of sp³-hybridized carbons (Fsp3) is 0.214. The van der Waals surface area contributed by atoms with Crippen LogP contribution in [0.5, 0.6) is 0 Å². The standard InChI is InChI=1S/C14H12FNOS/c1-16-13(17)12(15)18-14(16)11-8-4-6-9-5-2-3-7-10(9)11/h2-8,12,14H,1H3/t12-,14-/m1/s1. The number of fused-ring (bicyclic) bond motifs is 1. The van der Waals surface area contributed by atoms with E-state index in [1.165, 1.54) is 4.90 Å². The quantitative estimate of drug-likeness (QED) is 0.784. The first-order valence-electron chi connectivity index (χ1n) is 5.72. The van der Waals surface area contributed by atoms with Crippen LogP contribution in [0.15, 0.2) is 42.5 Å². The van der Waals surface area contributed by atoms with Crippen LogP contribution in [0.25, 0.3) is 10.8 Å². The molecule has 0 saturated carbocycles. The molecule has 0 aliphatic carbocycles. The number of rotatable bonds is 1. The van der Waals surface area contributed by atoms with Crippen molar-refractivity contribution in [2.45, 2.75) is 10.9 Å². The fourth-order valence-corrected chi connectivity index (χ4v) is 3.43. The number of carbonyl (C=O) groups excluding carboxylic acids is 1. The SMILES string of the molecule is CN1C(=O)[C@H](F)S[C@@H]1c1cccc2ccccc12. The summed E-state index contributed by atoms with van der Waals surface area (Å²) in [4.78, 5) is 13.0. The van der Waals surface area contributed by atoms with Crippen molar-refractivity contribution in [1.82, 2.24) is 4.90 Å². The first-order valence-corrected chi connectivity index (χ1v) is 6.66. The van der Waals surface area contributed by atoms with Gasteiger partial charge in [-0.15, -0.1) is 0 Å². The van der Waals surface area contributed by atoms with Crippen molar-refractivity contribution in [1.29, 1.82) is 0 Å². The van der Waals surface area contributed by atoms with E-state index in [1.54, 1.807) is 7.05 Å². The Morgan fingerprint density at radius 3 is 2.61 bits per heavy atom. The van der Waals surface area contributed by atoms with Gasteiger partial charge < -0.3 is 4.90 Å². The summed E-state index contributed by atoms with van der Waals surface area (Å²) in [5.41, 5.74) is -0.451. The van der Waals surface area contributed by atoms with Crippen LogP contribution in [0, 0.1) is 0 Å². The number of thioether (sulfide) groups is 1. The van der Waals surface area contributed by atoms with E-state index >= 15 is 0 Å². The third-order valence-corrected chi connectivity index (χ3v) is 4.50. The molecule has 3 rings (SSSR count). The molecule has 1 saturated heterocycles. The normalized spacial score (nSPS) is 23.9. The molecular weight excluding hydrogens is 249 g/mol. The second-order valence-corrected chi connectivity index (χ2v) is 5.45. The molecule has 92 valence electrons. The van der Waals surface area contributed by atoms with Gasteiger partial charge in [-0.25, -0.2) is 4.39 Å². The van der Waals surface area contributed by atoms with Crippen molar-refractivity contribution in [2.75, 3.05) is 7.05 Å². The molecule has 18 heavy (non-hydrogen) atoms. The smallest absolute Gasteiger partial charge is 0.268 e. The van der Waals surface area contributed by atoms with Gasteiger partial charge in [-0.3, -0.25) is 4.79 Å². The average Bonchev–Trinajstić information content (AvgIpc) is 2.66. The zero-order chi connectivity index (χ0) is 12.7. The maximum absolute atomic E-state index is 13.5. The predicted octanol–water partition coefficient (Wildman–Crippen LogP) is 3.34. The molecule has 1 aliphatic rings. The predicted molar refractivity (Wildman–Crippen MR) is 71.9 cm³/mol. The number of hydrogen-bond acceptors (Lipinski definition) is 2. The molecule has 0 bridgehead atoms. The van der Waals surface area contributed by atoms with E-state index in [0.717, 1.165) is 28.1 Å². The summed E-state index contributed by atoms with van der Waals surface area (Å²) in [6, 6.07) is 13.9. The van der Waals surface area contributed by atoms with Crippen LogP contribution in [0.1, 0.15) is 10.9 Å². The molecule has 1 fully saturated rings. The topological polar surface area (TPSA) is 20.3 Å². The molecule has 1 heterocycles. The van der Waals surface area contributed by atoms with Crippen molar-refractivity contribution < 1.29 is 9.18 Å². The monoisotopic (exact) mass is 261 g/mol. The van der Waals surface area contributed by atoms with Crippen LogP contribution < -0.4 is 0 Å². The zero-order valence-electron chi connectivity index (χ0n) is 9.84. The van der Waals surface area contributed by atoms with Crippen LogP contribution in [0.4, 0.5) is 4.39 Å². The summed E-state index contributed by atoms with van der Waals surface area (Å²) in [7, 11) is 1.65. The minimum atomic E-state index is -1.45. The summed E-state index contributed by atoms with van der Waals surface area (Å²) >= 11 is 1.06. The van der Waals surface area contributed by atoms with E-state index < -0.39 is 11.4 Å². The summed E-state index contributed by atoms with van der Waals surface area (Å²) in [6.45, 7) is 0. The van der Waals surface area contributed by atoms with E-state index in [0.29, 0.717) is 0 Å². The molecule has 2 aromatic rings. The number of benzene rings is 2. The molecule has 0 aromatic heterocycles. The van der Waals surface area contributed by atoms with E-state index in [4.69, 9.17) is 0 Å². The summed E-state index contributed by atoms with van der Waals surface area (Å²) in [5.74, 6) is -0.446. The number of halogens is 1. The molecule has 0 spiro atoms. The molecule has 4 heteroatoms. The Morgan fingerprint density at radius 2 is 1.89 bits per heavy atom. The van der Waals surface area contributed by atoms with Crippen LogP contribution >= 0.6 is 11.8 Å². The largest absolute Gasteiger partial charge is 0.326 e. The molecule has 0 unspecified atom stereocenters. The van der Waals surface area contributed by atoms with Gasteiger partial charge in [0, 0.05) is 7.05 Å². The maximum Gasteiger partial charge on any atom is 0.268 e. The van der Waals surface area contributed by atoms with Crippen molar-refractivity contribution >= 4 is 28.4 Å². The van der Waals surface area contributed by atoms with E-state index in [2.05, 4.69) is 0 Å². The Morgan fingerprint density at radius 1 is 1.17 bits per heavy atom. The third kappa shape index (κ3) is 1.68. The van der Waals surface area contributed by atoms with Gasteiger partial charge in [-0.2, -0.15) is 0 Å². The Labute approximate surface area is 109 Å². The number of hydrogen-bond donors (Lipinski definition) is 0. The minimum Gasteiger partial charge on any atom is -0.326 e. The second-order valence-electron chi connectivity index (χ2n) is 4.32. The molecule has 0 radical (unpaired) electrons. The molecule has 2 nitrogen and oxygen atoms in total. The van der Waals surface area contributed by atoms with Gasteiger partial charge in [0.1, 0.15) is 5.37 Å². The van der Waals surface area contributed by atoms with E-state index in [-0.39, 0.29) is 5.37 Å². The highest BCUT2D eigenvalue weighted by atomic mass is 32.2. The van der Waals surface area contributed by atoms with Gasteiger partial charge >= 0.3 is 0 Å². The second kappa shape index (κ2) is 4.28. The van der Waals surface area contributed by atoms with Gasteiger partial charge in [-0.1, -0.05) is 54.2 Å². The highest BCUT2D eigenvalue weighted by Gasteiger charge is 2.39. The number of nitrogens with zero attached hydrogens (tertiary/aromatic N) is 1. The Balaban J connectivity index is 2.13. The Kier molecular flexibility index (Phi) is 2.74. The lowest BCUT2D eigenvalue weighted by molar-refractivity contribution is -0.131. The first kappa shape index (κ1) is 11.5. The van der Waals surface area contributed by atoms with Crippen molar-refractivity contribution in [2.24, 2.45) is 0 Å². The van der Waals surface area contributed by atoms with Gasteiger partial charge in [0.25, 0.3) is 5.91 Å². The molecule has 0 N–H and O–H groups in total. The number of carbonyl (C=O) groups is 1. The number of alkyl halides is 1. The molecule has 1 aliphatic heterocycles. The Bertz CT molecular complexity index is 610. The maximum atomic E-state index is 13.5. The average molecular weight is 261 g/mol. The molecule has 2 aromatic carbocycles. The zero-order valence-corrected chi connectivity index (χ0v) is 10.7. The molecule has 2 atom stereocenters. The highest BCUT2D eigenvalue weighted by Crippen LogP contribution is 2.44. The first-order chi connectivity index (χ1) is 8.68. The Hall–Kier alpha value is -1.55. The summed E-state index contributed by atoms with van der Waals surface area (Å²) < 4.78 is 13.5. The van der Waals surface area contributed by atoms with Gasteiger partial charge in [0.05, 0.1) is 0 Å². The van der Waals surface area contributed by atoms with E-state index in [1.807, 2.05) is 42.5 Å². The summed E-state index contributed by atoms with van der Waals surface area (Å²) in [5, 5.41) is 1.95. The van der Waals surface area contributed by atoms with Crippen LogP contribution in [0.2, 0.25) is 0 Å². The fourth-order valence-electron chi connectivity index (χ4n) is 2.29. The minimum absolute atomic E-state index is 0.237. The lowest BCUT2D eigenvalue weighted by Gasteiger charge is -2.20. The van der Waals surface area contributed by atoms with Gasteiger partial charge in [0.2, 0.25) is 5.50 Å². The lowest BCUT2D eigenvalue weighted by Crippen LogP contribution is -2.25. The number of amides is 1. The third-order valence-electron chi connectivity index (χ3n) is 3.23. The van der Waals surface area contributed by atoms with Crippen molar-refractivity contribution in [3.63, 3.8) is 0 Å². The van der Waals surface area contributed by atoms with Crippen molar-refractivity contribution in [3.05, 3.63) is 48.0 Å². The van der Waals surface area contributed by atoms with Crippen molar-refractivity contribution in [3.8, 4) is 0 Å². The van der Waals surface area contributed by atoms with Crippen LogP contribution in [0.3, 0.4) is 0 Å². The highest BCUT2D eigenvalue weighted by molar-refractivity contribution is 8.01. The lowest BCUT2D eigenvalue weighted by atomic mass is 10.0. The summed E-state index contributed by atoms with van der Waals surface area (Å²) in [6.07, 6.45) is 0. The van der Waals surface area contributed by atoms with Gasteiger partial charge in [0.15, 0.2) is 0 Å².